The summed E-state index contributed by atoms with van der Waals surface area (Å²) in [4.78, 5) is 0. The third kappa shape index (κ3) is 18.0. The molecule has 0 amide bonds. The van der Waals surface area contributed by atoms with E-state index in [0.29, 0.717) is 0 Å². The van der Waals surface area contributed by atoms with Gasteiger partial charge in [-0.05, 0) is 0 Å². The summed E-state index contributed by atoms with van der Waals surface area (Å²) >= 11 is 0. The molecule has 45 heavy (non-hydrogen) atoms. The van der Waals surface area contributed by atoms with Gasteiger partial charge < -0.3 is 0 Å². The van der Waals surface area contributed by atoms with Crippen LogP contribution < -0.4 is 0 Å². The van der Waals surface area contributed by atoms with E-state index in [1.165, 1.54) is 0 Å². The fraction of sp³-hybridized carbons (Fsp3) is 1.00. The van der Waals surface area contributed by atoms with Crippen LogP contribution in [0.5, 0.6) is 0 Å². The molecule has 0 unspecified atom stereocenters. The quantitative estimate of drug-likeness (QED) is 0.161. The third-order valence-electron chi connectivity index (χ3n) is 3.07. The lowest BCUT2D eigenvalue weighted by Gasteiger charge is -2.24. The molecule has 0 bridgehead atoms. The molecule has 0 saturated heterocycles. The van der Waals surface area contributed by atoms with Crippen LogP contribution in [0.25, 0.3) is 0 Å². The normalized spacial score (nSPS) is 32.4. The van der Waals surface area contributed by atoms with Crippen LogP contribution in [-0.4, -0.2) is 63.9 Å². The van der Waals surface area contributed by atoms with Gasteiger partial charge in [0.2, 0.25) is 0 Å². The van der Waals surface area contributed by atoms with Crippen LogP contribution in [-0.2, 0) is 22.6 Å². The molecule has 0 N–H and O–H groups in total. The van der Waals surface area contributed by atoms with Crippen molar-refractivity contribution in [3.05, 3.63) is 0 Å². The molecule has 1 aliphatic heterocycles. The minimum atomic E-state index is -7.39. The zero-order chi connectivity index (χ0) is 35.6. The van der Waals surface area contributed by atoms with Crippen LogP contribution in [0.3, 0.4) is 0 Å². The van der Waals surface area contributed by atoms with Crippen LogP contribution in [0, 0.1) is 0 Å². The number of alkyl halides is 15. The van der Waals surface area contributed by atoms with Crippen molar-refractivity contribution < 1.29 is 109 Å². The van der Waals surface area contributed by atoms with Gasteiger partial charge in [0, 0.05) is 0 Å². The predicted molar refractivity (Wildman–Crippen MR) is 112 cm³/mol. The standard InChI is InChI=1S/C10H10F20N5O5P5/c11-6(12,13)1-36-41(26)31-42(27,37-2-7(14,15)16)33-44(29,39-4-9(20,21)22)35-45(30,40-5-10(23,24)25)34-43(28,32-41)38-3-8(17,18)19/h1-5H2. The van der Waals surface area contributed by atoms with Crippen molar-refractivity contribution >= 4 is 38.7 Å². The lowest BCUT2D eigenvalue weighted by Crippen LogP contribution is -2.17. The molecular weight excluding hydrogens is 805 g/mol. The van der Waals surface area contributed by atoms with E-state index in [2.05, 4.69) is 22.6 Å². The second-order valence-corrected chi connectivity index (χ2v) is 16.9. The largest absolute Gasteiger partial charge is 0.412 e. The van der Waals surface area contributed by atoms with E-state index in [9.17, 15) is 65.9 Å². The van der Waals surface area contributed by atoms with E-state index < -0.39 is 103 Å². The molecular formula is C10H10F20N5O5P5. The molecule has 0 aromatic carbocycles. The average molecular weight is 815 g/mol. The zero-order valence-electron chi connectivity index (χ0n) is 20.1. The molecule has 0 fully saturated rings. The highest BCUT2D eigenvalue weighted by molar-refractivity contribution is 7.78. The molecule has 0 aromatic rings. The van der Waals surface area contributed by atoms with E-state index >= 15 is 21.0 Å². The van der Waals surface area contributed by atoms with Gasteiger partial charge in [0.05, 0.1) is 0 Å². The molecule has 0 aliphatic carbocycles. The summed E-state index contributed by atoms with van der Waals surface area (Å²) in [5, 5.41) is 0. The molecule has 270 valence electrons. The minimum absolute atomic E-state index is 1.73. The fourth-order valence-electron chi connectivity index (χ4n) is 1.80. The highest BCUT2D eigenvalue weighted by Gasteiger charge is 2.47. The Morgan fingerprint density at radius 1 is 0.289 bits per heavy atom. The van der Waals surface area contributed by atoms with E-state index in [0.717, 1.165) is 0 Å². The molecule has 0 atom stereocenters. The summed E-state index contributed by atoms with van der Waals surface area (Å²) in [5.41, 5.74) is 0. The molecule has 0 aromatic heterocycles. The number of hydrogen-bond donors (Lipinski definition) is 0. The maximum atomic E-state index is 15.4. The summed E-state index contributed by atoms with van der Waals surface area (Å²) in [6, 6.07) is 0. The van der Waals surface area contributed by atoms with Crippen LogP contribution >= 0.6 is 38.7 Å². The van der Waals surface area contributed by atoms with E-state index in [-0.39, 0.29) is 0 Å². The Labute approximate surface area is 235 Å². The Bertz CT molecular complexity index is 1070. The van der Waals surface area contributed by atoms with Gasteiger partial charge in [-0.1, -0.05) is 0 Å². The van der Waals surface area contributed by atoms with Crippen molar-refractivity contribution in [2.75, 3.05) is 33.0 Å². The predicted octanol–water partition coefficient (Wildman–Crippen LogP) is 12.5. The third-order valence-corrected chi connectivity index (χ3v) is 14.2. The minimum Gasteiger partial charge on any atom is -0.294 e. The molecule has 10 nitrogen and oxygen atoms in total. The Morgan fingerprint density at radius 2 is 0.400 bits per heavy atom. The first-order valence-corrected chi connectivity index (χ1v) is 17.3. The summed E-state index contributed by atoms with van der Waals surface area (Å²) in [7, 11) is -36.9. The highest BCUT2D eigenvalue weighted by atomic mass is 31.3. The number of rotatable bonds is 10. The SMILES string of the molecule is FC(F)(F)COP1(F)=NP(F)(OCC(F)(F)F)=NP(F)(OCC(F)(F)F)=NP(F)(OCC(F)(F)F)=NP(F)(OCC(F)(F)F)=N1. The van der Waals surface area contributed by atoms with Crippen molar-refractivity contribution in [3.63, 3.8) is 0 Å². The highest BCUT2D eigenvalue weighted by Crippen LogP contribution is 2.82. The van der Waals surface area contributed by atoms with E-state index in [1.807, 2.05) is 0 Å². The van der Waals surface area contributed by atoms with Gasteiger partial charge in [0.15, 0.2) is 33.0 Å². The molecule has 0 saturated carbocycles. The molecule has 1 rings (SSSR count). The van der Waals surface area contributed by atoms with Gasteiger partial charge in [-0.3, -0.25) is 22.6 Å². The first-order valence-electron chi connectivity index (χ1n) is 9.80. The summed E-state index contributed by atoms with van der Waals surface area (Å²) in [5.74, 6) is 0. The molecule has 0 radical (unpaired) electrons. The second-order valence-electron chi connectivity index (χ2n) is 7.25. The van der Waals surface area contributed by atoms with Gasteiger partial charge in [0.25, 0.3) is 0 Å². The number of halogens is 20. The average Bonchev–Trinajstić information content (AvgIpc) is 2.75. The Kier molecular flexibility index (Phi) is 13.4. The van der Waals surface area contributed by atoms with Crippen LogP contribution in [0.2, 0.25) is 0 Å². The van der Waals surface area contributed by atoms with Crippen molar-refractivity contribution in [1.82, 2.24) is 0 Å². The van der Waals surface area contributed by atoms with Crippen LogP contribution in [0.15, 0.2) is 22.6 Å². The van der Waals surface area contributed by atoms with E-state index in [1.54, 1.807) is 22.6 Å². The molecule has 0 spiro atoms. The van der Waals surface area contributed by atoms with Gasteiger partial charge >= 0.3 is 69.6 Å². The van der Waals surface area contributed by atoms with Crippen molar-refractivity contribution in [2.45, 2.75) is 30.9 Å². The lowest BCUT2D eigenvalue weighted by molar-refractivity contribution is -0.154. The fourth-order valence-corrected chi connectivity index (χ4v) is 13.2. The number of hydrogen-bond acceptors (Lipinski definition) is 10. The maximum Gasteiger partial charge on any atom is 0.412 e. The van der Waals surface area contributed by atoms with Crippen molar-refractivity contribution in [1.29, 1.82) is 0 Å². The van der Waals surface area contributed by atoms with Crippen LogP contribution in [0.1, 0.15) is 0 Å². The molecule has 35 heteroatoms. The maximum absolute atomic E-state index is 15.4. The van der Waals surface area contributed by atoms with Gasteiger partial charge in [-0.25, -0.2) is 0 Å². The monoisotopic (exact) mass is 815 g/mol. The first kappa shape index (κ1) is 42.6. The smallest absolute Gasteiger partial charge is 0.294 e. The van der Waals surface area contributed by atoms with Crippen LogP contribution in [0.4, 0.5) is 86.8 Å². The van der Waals surface area contributed by atoms with Crippen molar-refractivity contribution in [2.24, 2.45) is 22.6 Å². The molecule has 1 aliphatic rings. The van der Waals surface area contributed by atoms with Crippen molar-refractivity contribution in [3.8, 4) is 0 Å². The zero-order valence-corrected chi connectivity index (χ0v) is 24.6. The lowest BCUT2D eigenvalue weighted by atomic mass is 10.7. The Hall–Kier alpha value is -0.450. The summed E-state index contributed by atoms with van der Waals surface area (Å²) in [6.07, 6.45) is -29.3. The Balaban J connectivity index is 4.46. The summed E-state index contributed by atoms with van der Waals surface area (Å²) < 4.78 is 292. The molecule has 1 heterocycles. The first-order chi connectivity index (χ1) is 19.6. The van der Waals surface area contributed by atoms with Gasteiger partial charge in [0.1, 0.15) is 0 Å². The second kappa shape index (κ2) is 14.2. The van der Waals surface area contributed by atoms with Gasteiger partial charge in [-0.15, -0.1) is 22.6 Å². The Morgan fingerprint density at radius 3 is 0.489 bits per heavy atom. The van der Waals surface area contributed by atoms with E-state index in [4.69, 9.17) is 0 Å². The van der Waals surface area contributed by atoms with Gasteiger partial charge in [-0.2, -0.15) is 86.8 Å². The summed E-state index contributed by atoms with van der Waals surface area (Å²) in [6.45, 7) is -15.9. The number of nitrogens with zero attached hydrogens (tertiary/aromatic N) is 5. The topological polar surface area (TPSA) is 108 Å².